The molecule has 2 N–H and O–H groups in total. The van der Waals surface area contributed by atoms with Crippen LogP contribution in [0.25, 0.3) is 0 Å². The van der Waals surface area contributed by atoms with Crippen molar-refractivity contribution in [1.29, 1.82) is 0 Å². The van der Waals surface area contributed by atoms with Gasteiger partial charge in [-0.1, -0.05) is 0 Å². The Morgan fingerprint density at radius 3 is 3.08 bits per heavy atom. The molecule has 70 valence electrons. The summed E-state index contributed by atoms with van der Waals surface area (Å²) in [7, 11) is 0. The van der Waals surface area contributed by atoms with Gasteiger partial charge in [-0.3, -0.25) is 4.79 Å². The highest BCUT2D eigenvalue weighted by Crippen LogP contribution is 2.16. The number of aliphatic hydroxyl groups is 1. The van der Waals surface area contributed by atoms with E-state index in [1.807, 2.05) is 11.8 Å². The van der Waals surface area contributed by atoms with Crippen molar-refractivity contribution in [1.82, 2.24) is 5.32 Å². The Balaban J connectivity index is 2.08. The fourth-order valence-electron chi connectivity index (χ4n) is 1.19. The molecule has 3 nitrogen and oxygen atoms in total. The molecule has 0 bridgehead atoms. The molecule has 0 aromatic rings. The Labute approximate surface area is 76.9 Å². The first kappa shape index (κ1) is 9.86. The van der Waals surface area contributed by atoms with Crippen molar-refractivity contribution in [3.05, 3.63) is 0 Å². The lowest BCUT2D eigenvalue weighted by molar-refractivity contribution is -0.121. The van der Waals surface area contributed by atoms with Crippen molar-refractivity contribution in [3.8, 4) is 0 Å². The SMILES string of the molecule is O=C(CCCO)NC1CCSC1. The zero-order valence-electron chi connectivity index (χ0n) is 7.08. The van der Waals surface area contributed by atoms with E-state index in [0.717, 1.165) is 17.9 Å². The van der Waals surface area contributed by atoms with Gasteiger partial charge in [0.2, 0.25) is 5.91 Å². The van der Waals surface area contributed by atoms with Crippen molar-refractivity contribution >= 4 is 17.7 Å². The second kappa shape index (κ2) is 5.43. The van der Waals surface area contributed by atoms with Crippen LogP contribution in [-0.4, -0.2) is 35.2 Å². The molecule has 1 atom stereocenters. The topological polar surface area (TPSA) is 49.3 Å². The zero-order chi connectivity index (χ0) is 8.81. The summed E-state index contributed by atoms with van der Waals surface area (Å²) in [6, 6.07) is 0.376. The summed E-state index contributed by atoms with van der Waals surface area (Å²) in [6.45, 7) is 0.104. The fraction of sp³-hybridized carbons (Fsp3) is 0.875. The third kappa shape index (κ3) is 3.45. The third-order valence-electron chi connectivity index (χ3n) is 1.86. The lowest BCUT2D eigenvalue weighted by Gasteiger charge is -2.10. The quantitative estimate of drug-likeness (QED) is 0.672. The van der Waals surface area contributed by atoms with Crippen LogP contribution in [0.15, 0.2) is 0 Å². The van der Waals surface area contributed by atoms with E-state index in [1.165, 1.54) is 0 Å². The Morgan fingerprint density at radius 2 is 2.50 bits per heavy atom. The van der Waals surface area contributed by atoms with Crippen molar-refractivity contribution in [2.45, 2.75) is 25.3 Å². The van der Waals surface area contributed by atoms with E-state index in [9.17, 15) is 4.79 Å². The Bertz CT molecular complexity index is 146. The number of carbonyl (C=O) groups excluding carboxylic acids is 1. The van der Waals surface area contributed by atoms with Gasteiger partial charge >= 0.3 is 0 Å². The van der Waals surface area contributed by atoms with Crippen LogP contribution < -0.4 is 5.32 Å². The maximum absolute atomic E-state index is 11.1. The second-order valence-electron chi connectivity index (χ2n) is 2.96. The molecule has 1 unspecified atom stereocenters. The molecule has 0 radical (unpaired) electrons. The van der Waals surface area contributed by atoms with E-state index >= 15 is 0 Å². The summed E-state index contributed by atoms with van der Waals surface area (Å²) in [5.41, 5.74) is 0. The van der Waals surface area contributed by atoms with Crippen LogP contribution in [0.1, 0.15) is 19.3 Å². The fourth-order valence-corrected chi connectivity index (χ4v) is 2.34. The molecule has 0 aromatic carbocycles. The average molecular weight is 189 g/mol. The largest absolute Gasteiger partial charge is 0.396 e. The van der Waals surface area contributed by atoms with E-state index in [2.05, 4.69) is 5.32 Å². The number of amides is 1. The highest BCUT2D eigenvalue weighted by molar-refractivity contribution is 7.99. The van der Waals surface area contributed by atoms with Crippen LogP contribution in [0.2, 0.25) is 0 Å². The van der Waals surface area contributed by atoms with Crippen LogP contribution >= 0.6 is 11.8 Å². The Hall–Kier alpha value is -0.220. The first-order valence-corrected chi connectivity index (χ1v) is 5.46. The molecule has 12 heavy (non-hydrogen) atoms. The predicted octanol–water partition coefficient (Wildman–Crippen LogP) is 0.381. The normalized spacial score (nSPS) is 22.6. The zero-order valence-corrected chi connectivity index (χ0v) is 7.90. The third-order valence-corrected chi connectivity index (χ3v) is 3.02. The summed E-state index contributed by atoms with van der Waals surface area (Å²) < 4.78 is 0. The van der Waals surface area contributed by atoms with Crippen molar-refractivity contribution in [3.63, 3.8) is 0 Å². The summed E-state index contributed by atoms with van der Waals surface area (Å²) in [5.74, 6) is 2.28. The van der Waals surface area contributed by atoms with Crippen LogP contribution in [0.3, 0.4) is 0 Å². The highest BCUT2D eigenvalue weighted by Gasteiger charge is 2.16. The summed E-state index contributed by atoms with van der Waals surface area (Å²) in [5, 5.41) is 11.4. The molecule has 1 saturated heterocycles. The molecule has 1 aliphatic heterocycles. The highest BCUT2D eigenvalue weighted by atomic mass is 32.2. The van der Waals surface area contributed by atoms with Gasteiger partial charge in [0.15, 0.2) is 0 Å². The monoisotopic (exact) mass is 189 g/mol. The standard InChI is InChI=1S/C8H15NO2S/c10-4-1-2-8(11)9-7-3-5-12-6-7/h7,10H,1-6H2,(H,9,11). The Morgan fingerprint density at radius 1 is 1.67 bits per heavy atom. The lowest BCUT2D eigenvalue weighted by Crippen LogP contribution is -2.34. The molecule has 1 amide bonds. The average Bonchev–Trinajstić information content (AvgIpc) is 2.53. The van der Waals surface area contributed by atoms with E-state index < -0.39 is 0 Å². The first-order valence-electron chi connectivity index (χ1n) is 4.31. The molecule has 0 aromatic heterocycles. The predicted molar refractivity (Wildman–Crippen MR) is 50.2 cm³/mol. The number of carbonyl (C=O) groups is 1. The maximum atomic E-state index is 11.1. The summed E-state index contributed by atoms with van der Waals surface area (Å²) in [4.78, 5) is 11.1. The van der Waals surface area contributed by atoms with Gasteiger partial charge in [-0.05, 0) is 18.6 Å². The summed E-state index contributed by atoms with van der Waals surface area (Å²) >= 11 is 1.88. The van der Waals surface area contributed by atoms with E-state index in [-0.39, 0.29) is 12.5 Å². The van der Waals surface area contributed by atoms with Crippen LogP contribution in [-0.2, 0) is 4.79 Å². The number of aliphatic hydroxyl groups excluding tert-OH is 1. The number of hydrogen-bond acceptors (Lipinski definition) is 3. The van der Waals surface area contributed by atoms with Gasteiger partial charge in [-0.2, -0.15) is 11.8 Å². The smallest absolute Gasteiger partial charge is 0.220 e. The maximum Gasteiger partial charge on any atom is 0.220 e. The molecular formula is C8H15NO2S. The second-order valence-corrected chi connectivity index (χ2v) is 4.11. The van der Waals surface area contributed by atoms with Crippen LogP contribution in [0.5, 0.6) is 0 Å². The summed E-state index contributed by atoms with van der Waals surface area (Å²) in [6.07, 6.45) is 2.12. The molecule has 1 rings (SSSR count). The van der Waals surface area contributed by atoms with Crippen LogP contribution in [0, 0.1) is 0 Å². The van der Waals surface area contributed by atoms with Crippen molar-refractivity contribution < 1.29 is 9.90 Å². The van der Waals surface area contributed by atoms with E-state index in [4.69, 9.17) is 5.11 Å². The van der Waals surface area contributed by atoms with Gasteiger partial charge < -0.3 is 10.4 Å². The van der Waals surface area contributed by atoms with Crippen LogP contribution in [0.4, 0.5) is 0 Å². The molecular weight excluding hydrogens is 174 g/mol. The van der Waals surface area contributed by atoms with Crippen molar-refractivity contribution in [2.75, 3.05) is 18.1 Å². The molecule has 1 heterocycles. The number of rotatable bonds is 4. The van der Waals surface area contributed by atoms with Gasteiger partial charge in [0.25, 0.3) is 0 Å². The molecule has 1 aliphatic rings. The van der Waals surface area contributed by atoms with Gasteiger partial charge in [0.1, 0.15) is 0 Å². The van der Waals surface area contributed by atoms with Gasteiger partial charge in [0.05, 0.1) is 0 Å². The molecule has 0 saturated carbocycles. The minimum absolute atomic E-state index is 0.0801. The molecule has 0 spiro atoms. The molecule has 1 fully saturated rings. The van der Waals surface area contributed by atoms with Crippen molar-refractivity contribution in [2.24, 2.45) is 0 Å². The minimum atomic E-state index is 0.0801. The van der Waals surface area contributed by atoms with Gasteiger partial charge in [-0.15, -0.1) is 0 Å². The number of hydrogen-bond donors (Lipinski definition) is 2. The van der Waals surface area contributed by atoms with Gasteiger partial charge in [-0.25, -0.2) is 0 Å². The first-order chi connectivity index (χ1) is 5.83. The molecule has 4 heteroatoms. The number of nitrogens with one attached hydrogen (secondary N) is 1. The number of thioether (sulfide) groups is 1. The lowest BCUT2D eigenvalue weighted by atomic mass is 10.2. The van der Waals surface area contributed by atoms with E-state index in [1.54, 1.807) is 0 Å². The molecule has 0 aliphatic carbocycles. The van der Waals surface area contributed by atoms with Gasteiger partial charge in [0, 0.05) is 24.8 Å². The Kier molecular flexibility index (Phi) is 4.46. The minimum Gasteiger partial charge on any atom is -0.396 e. The van der Waals surface area contributed by atoms with E-state index in [0.29, 0.717) is 18.9 Å².